The third kappa shape index (κ3) is 4.39. The Hall–Kier alpha value is -0.730. The molecule has 2 rings (SSSR count). The predicted octanol–water partition coefficient (Wildman–Crippen LogP) is 5.33. The predicted molar refractivity (Wildman–Crippen MR) is 86.7 cm³/mol. The molecule has 1 aromatic carbocycles. The van der Waals surface area contributed by atoms with Gasteiger partial charge in [-0.2, -0.15) is 0 Å². The Balaban J connectivity index is 0.000000956. The monoisotopic (exact) mass is 315 g/mol. The number of nitrogens with one attached hydrogen (secondary N) is 1. The van der Waals surface area contributed by atoms with Crippen LogP contribution in [0.4, 0.5) is 0 Å². The van der Waals surface area contributed by atoms with Crippen LogP contribution in [0, 0.1) is 5.92 Å². The molecule has 112 valence electrons. The lowest BCUT2D eigenvalue weighted by Gasteiger charge is -2.29. The highest BCUT2D eigenvalue weighted by Crippen LogP contribution is 2.27. The molecular weight excluding hydrogens is 293 g/mol. The Morgan fingerprint density at radius 1 is 1.15 bits per heavy atom. The van der Waals surface area contributed by atoms with Crippen molar-refractivity contribution in [3.63, 3.8) is 0 Å². The van der Waals surface area contributed by atoms with Gasteiger partial charge in [-0.25, -0.2) is 0 Å². The zero-order chi connectivity index (χ0) is 15.1. The van der Waals surface area contributed by atoms with E-state index in [0.717, 1.165) is 6.42 Å². The van der Waals surface area contributed by atoms with Crippen LogP contribution in [0.15, 0.2) is 18.2 Å². The summed E-state index contributed by atoms with van der Waals surface area (Å²) in [6.07, 6.45) is 4.63. The number of hydrogen-bond acceptors (Lipinski definition) is 1. The van der Waals surface area contributed by atoms with E-state index in [2.05, 4.69) is 12.2 Å². The first-order valence-electron chi connectivity index (χ1n) is 7.34. The molecule has 0 saturated heterocycles. The molecule has 20 heavy (non-hydrogen) atoms. The lowest BCUT2D eigenvalue weighted by atomic mass is 9.86. The lowest BCUT2D eigenvalue weighted by molar-refractivity contribution is 0.0910. The maximum Gasteiger partial charge on any atom is 0.254 e. The zero-order valence-electron chi connectivity index (χ0n) is 12.4. The molecule has 4 heteroatoms. The summed E-state index contributed by atoms with van der Waals surface area (Å²) in [7, 11) is 0. The van der Waals surface area contributed by atoms with Crippen molar-refractivity contribution >= 4 is 29.1 Å². The smallest absolute Gasteiger partial charge is 0.254 e. The maximum absolute atomic E-state index is 12.2. The highest BCUT2D eigenvalue weighted by Gasteiger charge is 2.24. The molecule has 1 saturated carbocycles. The van der Waals surface area contributed by atoms with E-state index in [1.165, 1.54) is 19.3 Å². The van der Waals surface area contributed by atoms with Gasteiger partial charge in [-0.15, -0.1) is 0 Å². The highest BCUT2D eigenvalue weighted by atomic mass is 35.5. The van der Waals surface area contributed by atoms with Crippen LogP contribution >= 0.6 is 23.2 Å². The first-order valence-corrected chi connectivity index (χ1v) is 8.10. The van der Waals surface area contributed by atoms with Crippen LogP contribution in [0.5, 0.6) is 0 Å². The van der Waals surface area contributed by atoms with Gasteiger partial charge in [-0.05, 0) is 30.9 Å². The fraction of sp³-hybridized carbons (Fsp3) is 0.562. The van der Waals surface area contributed by atoms with E-state index >= 15 is 0 Å². The van der Waals surface area contributed by atoms with Crippen molar-refractivity contribution in [1.82, 2.24) is 5.32 Å². The van der Waals surface area contributed by atoms with Crippen LogP contribution in [-0.2, 0) is 0 Å². The first kappa shape index (κ1) is 17.3. The maximum atomic E-state index is 12.2. The number of carbonyl (C=O) groups is 1. The van der Waals surface area contributed by atoms with E-state index in [4.69, 9.17) is 23.2 Å². The topological polar surface area (TPSA) is 29.1 Å². The molecule has 2 unspecified atom stereocenters. The molecule has 2 nitrogen and oxygen atoms in total. The standard InChI is InChI=1S/C14H17Cl2NO.C2H6/c1-9-5-2-3-8-12(9)17-14(18)13-10(15)6-4-7-11(13)16;1-2/h4,6-7,9,12H,2-3,5,8H2,1H3,(H,17,18);1-2H3. The van der Waals surface area contributed by atoms with Gasteiger partial charge in [0, 0.05) is 6.04 Å². The highest BCUT2D eigenvalue weighted by molar-refractivity contribution is 6.39. The largest absolute Gasteiger partial charge is 0.349 e. The van der Waals surface area contributed by atoms with Crippen molar-refractivity contribution in [2.45, 2.75) is 52.5 Å². The second-order valence-corrected chi connectivity index (χ2v) is 5.75. The Bertz CT molecular complexity index is 428. The molecule has 0 spiro atoms. The molecule has 0 heterocycles. The fourth-order valence-electron chi connectivity index (χ4n) is 2.49. The van der Waals surface area contributed by atoms with E-state index in [1.807, 2.05) is 13.8 Å². The average Bonchev–Trinajstić information content (AvgIpc) is 2.43. The van der Waals surface area contributed by atoms with Gasteiger partial charge in [-0.1, -0.05) is 62.9 Å². The normalized spacial score (nSPS) is 21.6. The molecule has 0 bridgehead atoms. The number of rotatable bonds is 2. The Labute approximate surface area is 131 Å². The molecule has 0 aliphatic heterocycles. The van der Waals surface area contributed by atoms with Gasteiger partial charge in [0.2, 0.25) is 0 Å². The molecule has 1 amide bonds. The molecule has 0 aromatic heterocycles. The van der Waals surface area contributed by atoms with Gasteiger partial charge >= 0.3 is 0 Å². The lowest BCUT2D eigenvalue weighted by Crippen LogP contribution is -2.41. The Morgan fingerprint density at radius 3 is 2.25 bits per heavy atom. The molecule has 0 radical (unpaired) electrons. The van der Waals surface area contributed by atoms with Crippen LogP contribution in [0.3, 0.4) is 0 Å². The van der Waals surface area contributed by atoms with Gasteiger partial charge < -0.3 is 5.32 Å². The van der Waals surface area contributed by atoms with Gasteiger partial charge in [0.25, 0.3) is 5.91 Å². The fourth-order valence-corrected chi connectivity index (χ4v) is 3.06. The summed E-state index contributed by atoms with van der Waals surface area (Å²) in [6.45, 7) is 6.18. The number of amides is 1. The summed E-state index contributed by atoms with van der Waals surface area (Å²) in [4.78, 5) is 12.2. The first-order chi connectivity index (χ1) is 9.59. The number of hydrogen-bond donors (Lipinski definition) is 1. The molecule has 1 fully saturated rings. The van der Waals surface area contributed by atoms with E-state index in [0.29, 0.717) is 21.5 Å². The number of carbonyl (C=O) groups excluding carboxylic acids is 1. The second kappa shape index (κ2) is 8.53. The van der Waals surface area contributed by atoms with Crippen molar-refractivity contribution in [1.29, 1.82) is 0 Å². The molecule has 1 aliphatic rings. The minimum absolute atomic E-state index is 0.163. The molecular formula is C16H23Cl2NO. The molecule has 1 N–H and O–H groups in total. The van der Waals surface area contributed by atoms with Gasteiger partial charge in [0.15, 0.2) is 0 Å². The van der Waals surface area contributed by atoms with Crippen LogP contribution in [0.25, 0.3) is 0 Å². The van der Waals surface area contributed by atoms with Crippen LogP contribution in [0.1, 0.15) is 56.8 Å². The van der Waals surface area contributed by atoms with Crippen LogP contribution in [0.2, 0.25) is 10.0 Å². The van der Waals surface area contributed by atoms with Crippen molar-refractivity contribution in [3.05, 3.63) is 33.8 Å². The molecule has 1 aromatic rings. The van der Waals surface area contributed by atoms with Gasteiger partial charge in [-0.3, -0.25) is 4.79 Å². The molecule has 2 atom stereocenters. The van der Waals surface area contributed by atoms with Crippen molar-refractivity contribution in [2.75, 3.05) is 0 Å². The van der Waals surface area contributed by atoms with Crippen LogP contribution in [-0.4, -0.2) is 11.9 Å². The third-order valence-corrected chi connectivity index (χ3v) is 4.25. The SMILES string of the molecule is CC.CC1CCCCC1NC(=O)c1c(Cl)cccc1Cl. The summed E-state index contributed by atoms with van der Waals surface area (Å²) in [5, 5.41) is 3.87. The van der Waals surface area contributed by atoms with E-state index in [9.17, 15) is 4.79 Å². The number of halogens is 2. The summed E-state index contributed by atoms with van der Waals surface area (Å²) >= 11 is 12.1. The van der Waals surface area contributed by atoms with E-state index in [-0.39, 0.29) is 11.9 Å². The quantitative estimate of drug-likeness (QED) is 0.785. The summed E-state index contributed by atoms with van der Waals surface area (Å²) in [6, 6.07) is 5.35. The van der Waals surface area contributed by atoms with E-state index < -0.39 is 0 Å². The summed E-state index contributed by atoms with van der Waals surface area (Å²) in [5.41, 5.74) is 0.388. The Morgan fingerprint density at radius 2 is 1.70 bits per heavy atom. The van der Waals surface area contributed by atoms with Crippen molar-refractivity contribution in [3.8, 4) is 0 Å². The number of benzene rings is 1. The summed E-state index contributed by atoms with van der Waals surface area (Å²) in [5.74, 6) is 0.355. The summed E-state index contributed by atoms with van der Waals surface area (Å²) < 4.78 is 0. The minimum Gasteiger partial charge on any atom is -0.349 e. The molecule has 1 aliphatic carbocycles. The zero-order valence-corrected chi connectivity index (χ0v) is 13.9. The van der Waals surface area contributed by atoms with Crippen LogP contribution < -0.4 is 5.32 Å². The Kier molecular flexibility index (Phi) is 7.39. The second-order valence-electron chi connectivity index (χ2n) is 4.94. The average molecular weight is 316 g/mol. The van der Waals surface area contributed by atoms with Crippen molar-refractivity contribution < 1.29 is 4.79 Å². The van der Waals surface area contributed by atoms with Gasteiger partial charge in [0.05, 0.1) is 15.6 Å². The van der Waals surface area contributed by atoms with Gasteiger partial charge in [0.1, 0.15) is 0 Å². The minimum atomic E-state index is -0.163. The third-order valence-electron chi connectivity index (χ3n) is 3.62. The van der Waals surface area contributed by atoms with Crippen molar-refractivity contribution in [2.24, 2.45) is 5.92 Å². The van der Waals surface area contributed by atoms with E-state index in [1.54, 1.807) is 18.2 Å².